The van der Waals surface area contributed by atoms with Crippen LogP contribution in [0.3, 0.4) is 0 Å². The Morgan fingerprint density at radius 2 is 1.21 bits per heavy atom. The molecule has 1 aliphatic rings. The van der Waals surface area contributed by atoms with Crippen LogP contribution in [0.2, 0.25) is 0 Å². The van der Waals surface area contributed by atoms with E-state index in [0.29, 0.717) is 0 Å². The second-order valence-electron chi connectivity index (χ2n) is 7.04. The number of rotatable bonds is 2. The molecule has 0 spiro atoms. The quantitative estimate of drug-likeness (QED) is 0.613. The summed E-state index contributed by atoms with van der Waals surface area (Å²) in [5, 5.41) is 0. The van der Waals surface area contributed by atoms with Gasteiger partial charge in [-0.3, -0.25) is 0 Å². The molecule has 0 fully saturated rings. The second kappa shape index (κ2) is 5.90. The van der Waals surface area contributed by atoms with Gasteiger partial charge in [-0.2, -0.15) is 0 Å². The largest absolute Gasteiger partial charge is 0.219 e. The molecule has 0 atom stereocenters. The van der Waals surface area contributed by atoms with Crippen molar-refractivity contribution in [1.82, 2.24) is 0 Å². The van der Waals surface area contributed by atoms with E-state index in [1.807, 2.05) is 0 Å². The van der Waals surface area contributed by atoms with Crippen LogP contribution in [0, 0.1) is 20.8 Å². The number of benzene rings is 2. The Kier molecular flexibility index (Phi) is 3.72. The average Bonchev–Trinajstić information content (AvgIpc) is 3.07. The van der Waals surface area contributed by atoms with E-state index < -0.39 is 0 Å². The Hall–Kier alpha value is -2.41. The van der Waals surface area contributed by atoms with Crippen molar-refractivity contribution in [2.45, 2.75) is 40.0 Å². The first kappa shape index (κ1) is 15.1. The number of aromatic amines is 1. The van der Waals surface area contributed by atoms with Gasteiger partial charge < -0.3 is 0 Å². The third-order valence-electron chi connectivity index (χ3n) is 5.22. The summed E-state index contributed by atoms with van der Waals surface area (Å²) in [6.07, 6.45) is 3.65. The topological polar surface area (TPSA) is 14.1 Å². The lowest BCUT2D eigenvalue weighted by molar-refractivity contribution is -0.374. The van der Waals surface area contributed by atoms with E-state index in [0.717, 1.165) is 0 Å². The van der Waals surface area contributed by atoms with Gasteiger partial charge in [0.15, 0.2) is 5.69 Å². The molecule has 0 saturated heterocycles. The van der Waals surface area contributed by atoms with E-state index in [9.17, 15) is 0 Å². The molecule has 2 aromatic carbocycles. The van der Waals surface area contributed by atoms with Crippen molar-refractivity contribution in [3.63, 3.8) is 0 Å². The third kappa shape index (κ3) is 2.54. The highest BCUT2D eigenvalue weighted by atomic mass is 14.7. The second-order valence-corrected chi connectivity index (χ2v) is 7.04. The maximum absolute atomic E-state index is 3.73. The summed E-state index contributed by atoms with van der Waals surface area (Å²) in [5.74, 6) is 0. The minimum absolute atomic E-state index is 1.19. The third-order valence-corrected chi connectivity index (χ3v) is 5.22. The van der Waals surface area contributed by atoms with Crippen molar-refractivity contribution in [2.75, 3.05) is 0 Å². The van der Waals surface area contributed by atoms with Gasteiger partial charge in [-0.25, -0.2) is 4.98 Å². The molecule has 3 aromatic rings. The molecule has 1 aromatic heterocycles. The Morgan fingerprint density at radius 3 is 1.83 bits per heavy atom. The van der Waals surface area contributed by atoms with Gasteiger partial charge in [-0.05, 0) is 56.4 Å². The molecule has 1 aliphatic carbocycles. The van der Waals surface area contributed by atoms with Gasteiger partial charge in [0.05, 0.1) is 5.56 Å². The van der Waals surface area contributed by atoms with Gasteiger partial charge in [0.2, 0.25) is 5.69 Å². The summed E-state index contributed by atoms with van der Waals surface area (Å²) >= 11 is 0. The van der Waals surface area contributed by atoms with Gasteiger partial charge in [0, 0.05) is 18.1 Å². The predicted octanol–water partition coefficient (Wildman–Crippen LogP) is 5.25. The summed E-state index contributed by atoms with van der Waals surface area (Å²) in [7, 11) is 0. The number of hydrogen-bond donors (Lipinski definition) is 0. The lowest BCUT2D eigenvalue weighted by atomic mass is 9.91. The molecular formula is C23H24N+. The maximum atomic E-state index is 3.73. The molecular weight excluding hydrogens is 290 g/mol. The molecule has 1 heterocycles. The first-order valence-electron chi connectivity index (χ1n) is 8.85. The first-order valence-corrected chi connectivity index (χ1v) is 8.85. The molecule has 0 saturated carbocycles. The SMILES string of the molecule is Cc1ccc(-c2[nH+]c(C)c3c(c2-c2ccc(C)cc2)CCC3)cc1. The lowest BCUT2D eigenvalue weighted by Gasteiger charge is -2.12. The summed E-state index contributed by atoms with van der Waals surface area (Å²) < 4.78 is 0. The summed E-state index contributed by atoms with van der Waals surface area (Å²) in [4.78, 5) is 3.73. The minimum Gasteiger partial charge on any atom is -0.208 e. The van der Waals surface area contributed by atoms with Crippen LogP contribution in [0.25, 0.3) is 22.4 Å². The van der Waals surface area contributed by atoms with E-state index in [4.69, 9.17) is 0 Å². The van der Waals surface area contributed by atoms with Crippen molar-refractivity contribution in [3.8, 4) is 22.4 Å². The van der Waals surface area contributed by atoms with Crippen LogP contribution >= 0.6 is 0 Å². The fraction of sp³-hybridized carbons (Fsp3) is 0.261. The summed E-state index contributed by atoms with van der Waals surface area (Å²) in [6, 6.07) is 17.8. The van der Waals surface area contributed by atoms with Crippen LogP contribution in [0.5, 0.6) is 0 Å². The number of pyridine rings is 1. The van der Waals surface area contributed by atoms with E-state index in [-0.39, 0.29) is 0 Å². The molecule has 0 aliphatic heterocycles. The molecule has 0 amide bonds. The average molecular weight is 314 g/mol. The highest BCUT2D eigenvalue weighted by Gasteiger charge is 2.27. The first-order chi connectivity index (χ1) is 11.6. The molecule has 0 radical (unpaired) electrons. The maximum Gasteiger partial charge on any atom is 0.219 e. The van der Waals surface area contributed by atoms with Gasteiger partial charge >= 0.3 is 0 Å². The minimum atomic E-state index is 1.19. The Bertz CT molecular complexity index is 887. The molecule has 1 heteroatoms. The van der Waals surface area contributed by atoms with Crippen LogP contribution < -0.4 is 4.98 Å². The summed E-state index contributed by atoms with van der Waals surface area (Å²) in [6.45, 7) is 6.51. The number of nitrogens with one attached hydrogen (secondary N) is 1. The monoisotopic (exact) mass is 314 g/mol. The van der Waals surface area contributed by atoms with Crippen molar-refractivity contribution in [2.24, 2.45) is 0 Å². The zero-order chi connectivity index (χ0) is 16.7. The van der Waals surface area contributed by atoms with E-state index in [2.05, 4.69) is 74.3 Å². The van der Waals surface area contributed by atoms with Crippen LogP contribution in [0.1, 0.15) is 34.4 Å². The van der Waals surface area contributed by atoms with Gasteiger partial charge in [0.25, 0.3) is 0 Å². The van der Waals surface area contributed by atoms with Crippen molar-refractivity contribution in [1.29, 1.82) is 0 Å². The number of fused-ring (bicyclic) bond motifs is 1. The highest BCUT2D eigenvalue weighted by Crippen LogP contribution is 2.38. The Morgan fingerprint density at radius 1 is 0.667 bits per heavy atom. The molecule has 24 heavy (non-hydrogen) atoms. The van der Waals surface area contributed by atoms with Gasteiger partial charge in [-0.15, -0.1) is 0 Å². The van der Waals surface area contributed by atoms with Gasteiger partial charge in [-0.1, -0.05) is 47.5 Å². The van der Waals surface area contributed by atoms with E-state index in [1.165, 1.54) is 64.0 Å². The Balaban J connectivity index is 2.00. The predicted molar refractivity (Wildman–Crippen MR) is 100 cm³/mol. The standard InChI is InChI=1S/C23H23N/c1-15-7-11-18(12-8-15)22-21-6-4-5-20(21)17(3)24-23(22)19-13-9-16(2)10-14-19/h7-14H,4-6H2,1-3H3/p+1. The number of H-pyrrole nitrogens is 1. The van der Waals surface area contributed by atoms with Crippen LogP contribution in [-0.2, 0) is 12.8 Å². The molecule has 0 unspecified atom stereocenters. The normalized spacial score (nSPS) is 13.1. The fourth-order valence-electron chi connectivity index (χ4n) is 3.89. The summed E-state index contributed by atoms with van der Waals surface area (Å²) in [5.41, 5.74) is 12.3. The molecule has 1 nitrogen and oxygen atoms in total. The fourth-order valence-corrected chi connectivity index (χ4v) is 3.89. The zero-order valence-electron chi connectivity index (χ0n) is 14.7. The highest BCUT2D eigenvalue weighted by molar-refractivity contribution is 5.82. The molecule has 120 valence electrons. The zero-order valence-corrected chi connectivity index (χ0v) is 14.7. The van der Waals surface area contributed by atoms with Crippen molar-refractivity contribution in [3.05, 3.63) is 76.5 Å². The lowest BCUT2D eigenvalue weighted by Crippen LogP contribution is -2.17. The van der Waals surface area contributed by atoms with Gasteiger partial charge in [0.1, 0.15) is 0 Å². The number of aromatic nitrogens is 1. The number of hydrogen-bond acceptors (Lipinski definition) is 0. The number of aryl methyl sites for hydroxylation is 3. The van der Waals surface area contributed by atoms with Crippen molar-refractivity contribution < 1.29 is 4.98 Å². The molecule has 4 rings (SSSR count). The van der Waals surface area contributed by atoms with Crippen molar-refractivity contribution >= 4 is 0 Å². The molecule has 0 bridgehead atoms. The Labute approximate surface area is 144 Å². The van der Waals surface area contributed by atoms with Crippen LogP contribution in [0.15, 0.2) is 48.5 Å². The van der Waals surface area contributed by atoms with E-state index in [1.54, 1.807) is 5.56 Å². The van der Waals surface area contributed by atoms with Crippen LogP contribution in [0.4, 0.5) is 0 Å². The molecule has 1 N–H and O–H groups in total. The van der Waals surface area contributed by atoms with E-state index >= 15 is 0 Å². The smallest absolute Gasteiger partial charge is 0.208 e. The van der Waals surface area contributed by atoms with Crippen LogP contribution in [-0.4, -0.2) is 0 Å².